The van der Waals surface area contributed by atoms with Gasteiger partial charge in [-0.15, -0.1) is 11.3 Å². The molecule has 0 bridgehead atoms. The van der Waals surface area contributed by atoms with E-state index in [1.54, 1.807) is 0 Å². The average Bonchev–Trinajstić information content (AvgIpc) is 3.04. The first-order valence-electron chi connectivity index (χ1n) is 5.54. The van der Waals surface area contributed by atoms with Crippen LogP contribution >= 0.6 is 23.1 Å². The van der Waals surface area contributed by atoms with Gasteiger partial charge in [0.1, 0.15) is 22.8 Å². The van der Waals surface area contributed by atoms with E-state index in [2.05, 4.69) is 9.97 Å². The maximum absolute atomic E-state index is 11.9. The van der Waals surface area contributed by atoms with E-state index in [-0.39, 0.29) is 18.3 Å². The van der Waals surface area contributed by atoms with E-state index in [0.29, 0.717) is 6.54 Å². The summed E-state index contributed by atoms with van der Waals surface area (Å²) in [4.78, 5) is 33.4. The summed E-state index contributed by atoms with van der Waals surface area (Å²) in [5.41, 5.74) is 0. The topological polar surface area (TPSA) is 72.4 Å². The molecule has 0 N–H and O–H groups in total. The molecular weight excluding hydrogens is 286 g/mol. The van der Waals surface area contributed by atoms with E-state index >= 15 is 0 Å². The van der Waals surface area contributed by atoms with Crippen LogP contribution in [0.15, 0.2) is 22.8 Å². The fraction of sp³-hybridized carbons (Fsp3) is 0.273. The molecule has 3 heterocycles. The van der Waals surface area contributed by atoms with Gasteiger partial charge in [0, 0.05) is 5.39 Å². The van der Waals surface area contributed by atoms with Crippen molar-refractivity contribution in [1.82, 2.24) is 14.9 Å². The molecule has 19 heavy (non-hydrogen) atoms. The van der Waals surface area contributed by atoms with Crippen molar-refractivity contribution in [3.05, 3.63) is 17.8 Å². The highest BCUT2D eigenvalue weighted by Crippen LogP contribution is 2.27. The van der Waals surface area contributed by atoms with E-state index in [4.69, 9.17) is 4.74 Å². The molecule has 0 atom stereocenters. The summed E-state index contributed by atoms with van der Waals surface area (Å²) in [7, 11) is 0. The van der Waals surface area contributed by atoms with Crippen molar-refractivity contribution in [2.45, 2.75) is 5.03 Å². The Labute approximate surface area is 116 Å². The minimum atomic E-state index is -0.561. The lowest BCUT2D eigenvalue weighted by atomic mass is 10.4. The molecule has 0 saturated carbocycles. The van der Waals surface area contributed by atoms with Crippen molar-refractivity contribution < 1.29 is 14.3 Å². The van der Waals surface area contributed by atoms with Crippen molar-refractivity contribution in [3.8, 4) is 0 Å². The molecule has 1 aliphatic rings. The van der Waals surface area contributed by atoms with Crippen LogP contribution in [0.25, 0.3) is 10.2 Å². The van der Waals surface area contributed by atoms with Crippen LogP contribution in [0.4, 0.5) is 4.79 Å². The Kier molecular flexibility index (Phi) is 3.34. The third-order valence-corrected chi connectivity index (χ3v) is 4.43. The van der Waals surface area contributed by atoms with Crippen LogP contribution in [0, 0.1) is 0 Å². The number of carbonyl (C=O) groups is 2. The van der Waals surface area contributed by atoms with Gasteiger partial charge >= 0.3 is 6.09 Å². The van der Waals surface area contributed by atoms with Crippen LogP contribution in [-0.4, -0.2) is 45.8 Å². The zero-order chi connectivity index (χ0) is 13.2. The highest BCUT2D eigenvalue weighted by atomic mass is 32.2. The number of carbonyl (C=O) groups excluding carboxylic acids is 2. The molecule has 0 aromatic carbocycles. The molecule has 0 aliphatic carbocycles. The SMILES string of the molecule is O=C(CSc1ncnc2sccc12)N1CCOC1=O. The number of hydrogen-bond donors (Lipinski definition) is 0. The first-order valence-corrected chi connectivity index (χ1v) is 7.40. The fourth-order valence-corrected chi connectivity index (χ4v) is 3.37. The number of ether oxygens (including phenoxy) is 1. The van der Waals surface area contributed by atoms with Gasteiger partial charge in [0.05, 0.1) is 12.3 Å². The summed E-state index contributed by atoms with van der Waals surface area (Å²) in [6, 6.07) is 1.93. The van der Waals surface area contributed by atoms with Crippen molar-refractivity contribution in [2.24, 2.45) is 0 Å². The Balaban J connectivity index is 1.70. The number of imide groups is 1. The predicted molar refractivity (Wildman–Crippen MR) is 71.2 cm³/mol. The number of rotatable bonds is 3. The number of thiophene rings is 1. The molecule has 0 unspecified atom stereocenters. The number of aromatic nitrogens is 2. The highest BCUT2D eigenvalue weighted by molar-refractivity contribution is 8.00. The van der Waals surface area contributed by atoms with Gasteiger partial charge < -0.3 is 4.74 Å². The third-order valence-electron chi connectivity index (χ3n) is 2.62. The largest absolute Gasteiger partial charge is 0.447 e. The molecule has 0 spiro atoms. The average molecular weight is 295 g/mol. The second-order valence-corrected chi connectivity index (χ2v) is 5.63. The molecule has 1 fully saturated rings. The zero-order valence-corrected chi connectivity index (χ0v) is 11.4. The van der Waals surface area contributed by atoms with Crippen molar-refractivity contribution >= 4 is 45.3 Å². The summed E-state index contributed by atoms with van der Waals surface area (Å²) in [5.74, 6) is -0.0914. The fourth-order valence-electron chi connectivity index (χ4n) is 1.71. The summed E-state index contributed by atoms with van der Waals surface area (Å²) >= 11 is 2.84. The van der Waals surface area contributed by atoms with Gasteiger partial charge in [-0.05, 0) is 11.4 Å². The monoisotopic (exact) mass is 295 g/mol. The number of hydrogen-bond acceptors (Lipinski definition) is 7. The third kappa shape index (κ3) is 2.41. The minimum Gasteiger partial charge on any atom is -0.447 e. The Bertz CT molecular complexity index is 643. The molecule has 1 aliphatic heterocycles. The van der Waals surface area contributed by atoms with Crippen molar-refractivity contribution in [1.29, 1.82) is 0 Å². The Morgan fingerprint density at radius 2 is 2.42 bits per heavy atom. The Morgan fingerprint density at radius 1 is 1.53 bits per heavy atom. The van der Waals surface area contributed by atoms with Gasteiger partial charge in [-0.1, -0.05) is 11.8 Å². The van der Waals surface area contributed by atoms with E-state index in [0.717, 1.165) is 20.1 Å². The Morgan fingerprint density at radius 3 is 3.21 bits per heavy atom. The van der Waals surface area contributed by atoms with Crippen LogP contribution in [0.5, 0.6) is 0 Å². The Hall–Kier alpha value is -1.67. The normalized spacial score (nSPS) is 14.9. The summed E-state index contributed by atoms with van der Waals surface area (Å²) < 4.78 is 4.73. The molecule has 2 aromatic heterocycles. The van der Waals surface area contributed by atoms with Crippen LogP contribution in [0.3, 0.4) is 0 Å². The van der Waals surface area contributed by atoms with E-state index in [1.807, 2.05) is 11.4 Å². The molecule has 3 rings (SSSR count). The maximum atomic E-state index is 11.9. The lowest BCUT2D eigenvalue weighted by Gasteiger charge is -2.09. The number of cyclic esters (lactones) is 1. The van der Waals surface area contributed by atoms with Crippen LogP contribution in [0.1, 0.15) is 0 Å². The number of fused-ring (bicyclic) bond motifs is 1. The molecule has 98 valence electrons. The molecule has 6 nitrogen and oxygen atoms in total. The van der Waals surface area contributed by atoms with Crippen molar-refractivity contribution in [3.63, 3.8) is 0 Å². The first-order chi connectivity index (χ1) is 9.25. The molecule has 2 aromatic rings. The molecule has 8 heteroatoms. The van der Waals surface area contributed by atoms with Gasteiger partial charge in [0.15, 0.2) is 0 Å². The highest BCUT2D eigenvalue weighted by Gasteiger charge is 2.28. The number of amides is 2. The van der Waals surface area contributed by atoms with E-state index in [1.165, 1.54) is 29.4 Å². The lowest BCUT2D eigenvalue weighted by Crippen LogP contribution is -2.33. The van der Waals surface area contributed by atoms with Crippen LogP contribution < -0.4 is 0 Å². The quantitative estimate of drug-likeness (QED) is 0.634. The van der Waals surface area contributed by atoms with Gasteiger partial charge in [-0.2, -0.15) is 0 Å². The summed E-state index contributed by atoms with van der Waals surface area (Å²) in [6.07, 6.45) is 0.921. The molecule has 1 saturated heterocycles. The first kappa shape index (κ1) is 12.4. The van der Waals surface area contributed by atoms with Crippen LogP contribution in [0.2, 0.25) is 0 Å². The smallest absolute Gasteiger partial charge is 0.416 e. The molecule has 0 radical (unpaired) electrons. The van der Waals surface area contributed by atoms with E-state index in [9.17, 15) is 9.59 Å². The predicted octanol–water partition coefficient (Wildman–Crippen LogP) is 1.76. The number of nitrogens with zero attached hydrogens (tertiary/aromatic N) is 3. The van der Waals surface area contributed by atoms with E-state index < -0.39 is 6.09 Å². The minimum absolute atomic E-state index is 0.164. The molecule has 2 amide bonds. The summed E-state index contributed by atoms with van der Waals surface area (Å²) in [5, 5.41) is 3.63. The standard InChI is InChI=1S/C11H9N3O3S2/c15-8(14-2-3-17-11(14)16)5-19-10-7-1-4-18-9(7)12-6-13-10/h1,4,6H,2-3,5H2. The van der Waals surface area contributed by atoms with Gasteiger partial charge in [0.25, 0.3) is 0 Å². The van der Waals surface area contributed by atoms with Gasteiger partial charge in [-0.3, -0.25) is 4.79 Å². The molecular formula is C11H9N3O3S2. The number of thioether (sulfide) groups is 1. The maximum Gasteiger partial charge on any atom is 0.416 e. The van der Waals surface area contributed by atoms with Crippen LogP contribution in [-0.2, 0) is 9.53 Å². The zero-order valence-electron chi connectivity index (χ0n) is 9.74. The van der Waals surface area contributed by atoms with Gasteiger partial charge in [-0.25, -0.2) is 19.7 Å². The summed E-state index contributed by atoms with van der Waals surface area (Å²) in [6.45, 7) is 0.605. The van der Waals surface area contributed by atoms with Gasteiger partial charge in [0.2, 0.25) is 5.91 Å². The second kappa shape index (κ2) is 5.14. The van der Waals surface area contributed by atoms with Crippen molar-refractivity contribution in [2.75, 3.05) is 18.9 Å². The second-order valence-electron chi connectivity index (χ2n) is 3.77. The lowest BCUT2D eigenvalue weighted by molar-refractivity contribution is -0.125.